The number of rotatable bonds is 4. The third kappa shape index (κ3) is 2.64. The predicted molar refractivity (Wildman–Crippen MR) is 68.1 cm³/mol. The average molecular weight is 272 g/mol. The van der Waals surface area contributed by atoms with Gasteiger partial charge < -0.3 is 5.73 Å². The molecule has 3 N–H and O–H groups in total. The van der Waals surface area contributed by atoms with Gasteiger partial charge in [0.2, 0.25) is 10.0 Å². The summed E-state index contributed by atoms with van der Waals surface area (Å²) in [6.07, 6.45) is 2.03. The summed E-state index contributed by atoms with van der Waals surface area (Å²) in [5.74, 6) is -0.604. The third-order valence-corrected chi connectivity index (χ3v) is 4.93. The standard InChI is InChI=1S/C12H17FN2O2S/c1-8-10(13)5-9(14)6-11(8)18(16,17)15-7-12(2)3-4-12/h5-6,15H,3-4,7,14H2,1-2H3. The van der Waals surface area contributed by atoms with E-state index >= 15 is 0 Å². The van der Waals surface area contributed by atoms with E-state index in [4.69, 9.17) is 5.73 Å². The van der Waals surface area contributed by atoms with Crippen molar-refractivity contribution < 1.29 is 12.8 Å². The van der Waals surface area contributed by atoms with Gasteiger partial charge in [-0.3, -0.25) is 0 Å². The van der Waals surface area contributed by atoms with Crippen molar-refractivity contribution in [3.05, 3.63) is 23.5 Å². The highest BCUT2D eigenvalue weighted by atomic mass is 32.2. The summed E-state index contributed by atoms with van der Waals surface area (Å²) < 4.78 is 40.2. The Kier molecular flexibility index (Phi) is 3.11. The Bertz CT molecular complexity index is 580. The van der Waals surface area contributed by atoms with Crippen molar-refractivity contribution in [3.8, 4) is 0 Å². The molecule has 0 bridgehead atoms. The minimum absolute atomic E-state index is 0.0554. The van der Waals surface area contributed by atoms with Crippen molar-refractivity contribution >= 4 is 15.7 Å². The Morgan fingerprint density at radius 2 is 2.06 bits per heavy atom. The van der Waals surface area contributed by atoms with Crippen molar-refractivity contribution in [1.82, 2.24) is 4.72 Å². The van der Waals surface area contributed by atoms with Gasteiger partial charge in [0.1, 0.15) is 5.82 Å². The van der Waals surface area contributed by atoms with Crippen LogP contribution in [-0.4, -0.2) is 15.0 Å². The Hall–Kier alpha value is -1.14. The van der Waals surface area contributed by atoms with E-state index in [2.05, 4.69) is 4.72 Å². The monoisotopic (exact) mass is 272 g/mol. The highest BCUT2D eigenvalue weighted by molar-refractivity contribution is 7.89. The van der Waals surface area contributed by atoms with Gasteiger partial charge in [0.15, 0.2) is 0 Å². The van der Waals surface area contributed by atoms with E-state index < -0.39 is 15.8 Å². The molecule has 0 atom stereocenters. The van der Waals surface area contributed by atoms with Crippen LogP contribution in [0.5, 0.6) is 0 Å². The molecule has 100 valence electrons. The first-order valence-corrected chi connectivity index (χ1v) is 7.27. The van der Waals surface area contributed by atoms with Gasteiger partial charge in [0.25, 0.3) is 0 Å². The Morgan fingerprint density at radius 3 is 2.61 bits per heavy atom. The molecule has 0 saturated heterocycles. The molecular formula is C12H17FN2O2S. The molecule has 1 aliphatic rings. The van der Waals surface area contributed by atoms with Gasteiger partial charge in [0.05, 0.1) is 4.90 Å². The Balaban J connectivity index is 2.29. The molecule has 1 fully saturated rings. The van der Waals surface area contributed by atoms with Crippen LogP contribution < -0.4 is 10.5 Å². The second kappa shape index (κ2) is 4.20. The smallest absolute Gasteiger partial charge is 0.241 e. The topological polar surface area (TPSA) is 72.2 Å². The summed E-state index contributed by atoms with van der Waals surface area (Å²) in [5.41, 5.74) is 5.75. The first kappa shape index (κ1) is 13.3. The number of hydrogen-bond donors (Lipinski definition) is 2. The number of halogens is 1. The number of nitrogens with two attached hydrogens (primary N) is 1. The van der Waals surface area contributed by atoms with Crippen LogP contribution in [0.1, 0.15) is 25.3 Å². The number of hydrogen-bond acceptors (Lipinski definition) is 3. The molecule has 1 saturated carbocycles. The molecule has 6 heteroatoms. The van der Waals surface area contributed by atoms with Crippen LogP contribution in [0.15, 0.2) is 17.0 Å². The summed E-state index contributed by atoms with van der Waals surface area (Å²) >= 11 is 0. The van der Waals surface area contributed by atoms with Crippen molar-refractivity contribution in [2.45, 2.75) is 31.6 Å². The highest BCUT2D eigenvalue weighted by Crippen LogP contribution is 2.44. The minimum atomic E-state index is -3.70. The number of nitrogens with one attached hydrogen (secondary N) is 1. The lowest BCUT2D eigenvalue weighted by Crippen LogP contribution is -2.29. The first-order valence-electron chi connectivity index (χ1n) is 5.79. The molecule has 0 unspecified atom stereocenters. The van der Waals surface area contributed by atoms with Crippen LogP contribution in [0.2, 0.25) is 0 Å². The summed E-state index contributed by atoms with van der Waals surface area (Å²) in [7, 11) is -3.70. The molecule has 0 spiro atoms. The zero-order chi connectivity index (χ0) is 13.6. The predicted octanol–water partition coefficient (Wildman–Crippen LogP) is 1.79. The summed E-state index contributed by atoms with van der Waals surface area (Å²) in [4.78, 5) is -0.0794. The normalized spacial score (nSPS) is 17.7. The second-order valence-electron chi connectivity index (χ2n) is 5.26. The molecule has 1 aromatic rings. The fourth-order valence-corrected chi connectivity index (χ4v) is 3.18. The second-order valence-corrected chi connectivity index (χ2v) is 7.00. The van der Waals surface area contributed by atoms with E-state index in [0.717, 1.165) is 18.9 Å². The van der Waals surface area contributed by atoms with E-state index in [-0.39, 0.29) is 21.6 Å². The lowest BCUT2D eigenvalue weighted by atomic mass is 10.2. The van der Waals surface area contributed by atoms with Crippen LogP contribution >= 0.6 is 0 Å². The van der Waals surface area contributed by atoms with Gasteiger partial charge in [-0.05, 0) is 37.3 Å². The third-order valence-electron chi connectivity index (χ3n) is 3.40. The van der Waals surface area contributed by atoms with E-state index in [1.165, 1.54) is 13.0 Å². The fraction of sp³-hybridized carbons (Fsp3) is 0.500. The van der Waals surface area contributed by atoms with Gasteiger partial charge in [0, 0.05) is 17.8 Å². The number of nitrogen functional groups attached to an aromatic ring is 1. The molecule has 18 heavy (non-hydrogen) atoms. The lowest BCUT2D eigenvalue weighted by Gasteiger charge is -2.13. The van der Waals surface area contributed by atoms with E-state index in [1.807, 2.05) is 6.92 Å². The van der Waals surface area contributed by atoms with E-state index in [0.29, 0.717) is 6.54 Å². The summed E-state index contributed by atoms with van der Waals surface area (Å²) in [6, 6.07) is 2.41. The Morgan fingerprint density at radius 1 is 1.44 bits per heavy atom. The molecule has 0 aromatic heterocycles. The number of anilines is 1. The molecule has 2 rings (SSSR count). The van der Waals surface area contributed by atoms with Crippen molar-refractivity contribution in [1.29, 1.82) is 0 Å². The average Bonchev–Trinajstić information content (AvgIpc) is 3.00. The first-order chi connectivity index (χ1) is 8.23. The quantitative estimate of drug-likeness (QED) is 0.821. The van der Waals surface area contributed by atoms with Crippen molar-refractivity contribution in [2.24, 2.45) is 5.41 Å². The van der Waals surface area contributed by atoms with Gasteiger partial charge in [-0.15, -0.1) is 0 Å². The summed E-state index contributed by atoms with van der Waals surface area (Å²) in [5, 5.41) is 0. The van der Waals surface area contributed by atoms with Crippen molar-refractivity contribution in [3.63, 3.8) is 0 Å². The maximum absolute atomic E-state index is 13.5. The van der Waals surface area contributed by atoms with Crippen LogP contribution in [0.3, 0.4) is 0 Å². The lowest BCUT2D eigenvalue weighted by molar-refractivity contribution is 0.529. The van der Waals surface area contributed by atoms with E-state index in [1.54, 1.807) is 0 Å². The molecular weight excluding hydrogens is 255 g/mol. The highest BCUT2D eigenvalue weighted by Gasteiger charge is 2.38. The molecule has 1 aromatic carbocycles. The van der Waals surface area contributed by atoms with Gasteiger partial charge in [-0.25, -0.2) is 17.5 Å². The Labute approximate surface area is 106 Å². The maximum atomic E-state index is 13.5. The molecule has 0 amide bonds. The van der Waals surface area contributed by atoms with Crippen LogP contribution in [-0.2, 0) is 10.0 Å². The van der Waals surface area contributed by atoms with Crippen molar-refractivity contribution in [2.75, 3.05) is 12.3 Å². The fourth-order valence-electron chi connectivity index (χ4n) is 1.69. The minimum Gasteiger partial charge on any atom is -0.399 e. The van der Waals surface area contributed by atoms with Gasteiger partial charge >= 0.3 is 0 Å². The molecule has 0 heterocycles. The molecule has 0 aliphatic heterocycles. The van der Waals surface area contributed by atoms with Crippen LogP contribution in [0.4, 0.5) is 10.1 Å². The summed E-state index contributed by atoms with van der Waals surface area (Å²) in [6.45, 7) is 3.83. The number of sulfonamides is 1. The maximum Gasteiger partial charge on any atom is 0.241 e. The van der Waals surface area contributed by atoms with E-state index in [9.17, 15) is 12.8 Å². The zero-order valence-electron chi connectivity index (χ0n) is 10.5. The van der Waals surface area contributed by atoms with Crippen LogP contribution in [0, 0.1) is 18.2 Å². The molecule has 4 nitrogen and oxygen atoms in total. The number of benzene rings is 1. The van der Waals surface area contributed by atoms with Gasteiger partial charge in [-0.1, -0.05) is 6.92 Å². The SMILES string of the molecule is Cc1c(F)cc(N)cc1S(=O)(=O)NCC1(C)CC1. The zero-order valence-corrected chi connectivity index (χ0v) is 11.3. The largest absolute Gasteiger partial charge is 0.399 e. The van der Waals surface area contributed by atoms with Gasteiger partial charge in [-0.2, -0.15) is 0 Å². The molecule has 1 aliphatic carbocycles. The van der Waals surface area contributed by atoms with Crippen LogP contribution in [0.25, 0.3) is 0 Å². The molecule has 0 radical (unpaired) electrons.